The predicted molar refractivity (Wildman–Crippen MR) is 113 cm³/mol. The molecule has 28 heavy (non-hydrogen) atoms. The van der Waals surface area contributed by atoms with Crippen molar-refractivity contribution in [2.24, 2.45) is 0 Å². The van der Waals surface area contributed by atoms with Gasteiger partial charge in [-0.25, -0.2) is 0 Å². The molecule has 1 saturated heterocycles. The van der Waals surface area contributed by atoms with Crippen LogP contribution in [-0.4, -0.2) is 47.5 Å². The average molecular weight is 415 g/mol. The summed E-state index contributed by atoms with van der Waals surface area (Å²) >= 11 is 11.7. The van der Waals surface area contributed by atoms with Gasteiger partial charge in [-0.1, -0.05) is 23.2 Å². The van der Waals surface area contributed by atoms with Crippen molar-refractivity contribution in [3.63, 3.8) is 0 Å². The number of hydrogen-bond donors (Lipinski definition) is 0. The van der Waals surface area contributed by atoms with Crippen LogP contribution in [0.1, 0.15) is 20.7 Å². The molecule has 0 atom stereocenters. The molecule has 0 spiro atoms. The van der Waals surface area contributed by atoms with Crippen molar-refractivity contribution >= 4 is 34.8 Å². The number of carbonyl (C=O) groups is 2. The molecule has 3 rings (SSSR count). The lowest BCUT2D eigenvalue weighted by molar-refractivity contribution is 0.103. The Kier molecular flexibility index (Phi) is 6.90. The smallest absolute Gasteiger partial charge is 0.187 e. The minimum atomic E-state index is -0.0486. The van der Waals surface area contributed by atoms with Crippen LogP contribution in [0.4, 0.5) is 0 Å². The van der Waals surface area contributed by atoms with Crippen molar-refractivity contribution in [3.05, 3.63) is 94.3 Å². The summed E-state index contributed by atoms with van der Waals surface area (Å²) in [6.07, 6.45) is 6.82. The lowest BCUT2D eigenvalue weighted by atomic mass is 10.1. The summed E-state index contributed by atoms with van der Waals surface area (Å²) in [5, 5.41) is 1.22. The third kappa shape index (κ3) is 5.72. The van der Waals surface area contributed by atoms with Crippen LogP contribution in [0.2, 0.25) is 10.0 Å². The summed E-state index contributed by atoms with van der Waals surface area (Å²) in [5.41, 5.74) is 1.23. The number of carbonyl (C=O) groups excluding carboxylic acids is 2. The number of hydrogen-bond acceptors (Lipinski definition) is 4. The molecule has 0 aliphatic carbocycles. The van der Waals surface area contributed by atoms with Gasteiger partial charge in [-0.3, -0.25) is 9.59 Å². The number of allylic oxidation sites excluding steroid dienone is 2. The van der Waals surface area contributed by atoms with Gasteiger partial charge >= 0.3 is 0 Å². The van der Waals surface area contributed by atoms with E-state index in [2.05, 4.69) is 9.80 Å². The van der Waals surface area contributed by atoms with Gasteiger partial charge in [0.05, 0.1) is 0 Å². The highest BCUT2D eigenvalue weighted by Gasteiger charge is 2.12. The van der Waals surface area contributed by atoms with E-state index in [0.717, 1.165) is 26.2 Å². The van der Waals surface area contributed by atoms with Gasteiger partial charge in [0.15, 0.2) is 11.6 Å². The van der Waals surface area contributed by atoms with E-state index in [4.69, 9.17) is 23.2 Å². The molecule has 144 valence electrons. The molecule has 1 aliphatic rings. The van der Waals surface area contributed by atoms with Gasteiger partial charge in [0.2, 0.25) is 0 Å². The van der Waals surface area contributed by atoms with Gasteiger partial charge in [0, 0.05) is 71.9 Å². The van der Waals surface area contributed by atoms with Gasteiger partial charge in [0.25, 0.3) is 0 Å². The summed E-state index contributed by atoms with van der Waals surface area (Å²) in [4.78, 5) is 28.5. The quantitative estimate of drug-likeness (QED) is 0.507. The highest BCUT2D eigenvalue weighted by atomic mass is 35.5. The zero-order chi connectivity index (χ0) is 19.9. The minimum absolute atomic E-state index is 0.0486. The zero-order valence-corrected chi connectivity index (χ0v) is 16.7. The first-order valence-electron chi connectivity index (χ1n) is 8.95. The molecular weight excluding hydrogens is 395 g/mol. The molecule has 0 saturated carbocycles. The number of nitrogens with zero attached hydrogens (tertiary/aromatic N) is 2. The molecule has 0 amide bonds. The maximum absolute atomic E-state index is 12.2. The third-order valence-corrected chi connectivity index (χ3v) is 4.98. The van der Waals surface area contributed by atoms with Crippen LogP contribution in [0.3, 0.4) is 0 Å². The first-order chi connectivity index (χ1) is 13.5. The standard InChI is InChI=1S/C22H20Cl2N2O2/c23-19-5-1-17(2-6-19)21(27)9-11-25-13-15-26(16-14-25)12-10-22(28)18-3-7-20(24)8-4-18/h1-12H,13-16H2/b11-9+,12-10+. The lowest BCUT2D eigenvalue weighted by Gasteiger charge is -2.33. The Balaban J connectivity index is 1.47. The molecule has 4 nitrogen and oxygen atoms in total. The van der Waals surface area contributed by atoms with Crippen molar-refractivity contribution < 1.29 is 9.59 Å². The molecule has 6 heteroatoms. The van der Waals surface area contributed by atoms with Gasteiger partial charge in [-0.15, -0.1) is 0 Å². The normalized spacial score (nSPS) is 14.8. The van der Waals surface area contributed by atoms with Gasteiger partial charge in [-0.05, 0) is 48.5 Å². The van der Waals surface area contributed by atoms with Crippen LogP contribution < -0.4 is 0 Å². The van der Waals surface area contributed by atoms with Gasteiger partial charge in [-0.2, -0.15) is 0 Å². The Morgan fingerprint density at radius 3 is 1.29 bits per heavy atom. The maximum Gasteiger partial charge on any atom is 0.187 e. The second-order valence-corrected chi connectivity index (χ2v) is 7.32. The number of piperazine rings is 1. The summed E-state index contributed by atoms with van der Waals surface area (Å²) < 4.78 is 0. The molecule has 0 radical (unpaired) electrons. The molecule has 0 bridgehead atoms. The fraction of sp³-hybridized carbons (Fsp3) is 0.182. The summed E-state index contributed by atoms with van der Waals surface area (Å²) in [6.45, 7) is 3.13. The van der Waals surface area contributed by atoms with E-state index in [-0.39, 0.29) is 11.6 Å². The second-order valence-electron chi connectivity index (χ2n) is 6.45. The number of rotatable bonds is 6. The SMILES string of the molecule is O=C(/C=C/N1CCN(/C=C/C(=O)c2ccc(Cl)cc2)CC1)c1ccc(Cl)cc1. The van der Waals surface area contributed by atoms with E-state index in [9.17, 15) is 9.59 Å². The Labute approximate surface area is 174 Å². The minimum Gasteiger partial charge on any atom is -0.374 e. The Morgan fingerprint density at radius 2 is 0.964 bits per heavy atom. The second kappa shape index (κ2) is 9.58. The number of benzene rings is 2. The first-order valence-corrected chi connectivity index (χ1v) is 9.71. The number of halogens is 2. The largest absolute Gasteiger partial charge is 0.374 e. The van der Waals surface area contributed by atoms with E-state index in [1.165, 1.54) is 0 Å². The summed E-state index contributed by atoms with van der Waals surface area (Å²) in [5.74, 6) is -0.0971. The Bertz CT molecular complexity index is 806. The van der Waals surface area contributed by atoms with Crippen molar-refractivity contribution in [2.45, 2.75) is 0 Å². The van der Waals surface area contributed by atoms with E-state index >= 15 is 0 Å². The van der Waals surface area contributed by atoms with Gasteiger partial charge in [0.1, 0.15) is 0 Å². The molecule has 2 aromatic rings. The van der Waals surface area contributed by atoms with Crippen LogP contribution in [0.15, 0.2) is 73.1 Å². The third-order valence-electron chi connectivity index (χ3n) is 4.48. The molecule has 0 aromatic heterocycles. The Hall–Kier alpha value is -2.56. The molecule has 1 heterocycles. The molecule has 1 fully saturated rings. The topological polar surface area (TPSA) is 40.6 Å². The monoisotopic (exact) mass is 414 g/mol. The van der Waals surface area contributed by atoms with Crippen molar-refractivity contribution in [1.82, 2.24) is 9.80 Å². The van der Waals surface area contributed by atoms with Crippen LogP contribution in [0.25, 0.3) is 0 Å². The lowest BCUT2D eigenvalue weighted by Crippen LogP contribution is -2.41. The fourth-order valence-electron chi connectivity index (χ4n) is 2.80. The molecule has 0 N–H and O–H groups in total. The maximum atomic E-state index is 12.2. The van der Waals surface area contributed by atoms with Crippen LogP contribution in [0.5, 0.6) is 0 Å². The fourth-order valence-corrected chi connectivity index (χ4v) is 3.05. The van der Waals surface area contributed by atoms with Crippen LogP contribution in [-0.2, 0) is 0 Å². The van der Waals surface area contributed by atoms with Crippen molar-refractivity contribution in [1.29, 1.82) is 0 Å². The zero-order valence-electron chi connectivity index (χ0n) is 15.2. The van der Waals surface area contributed by atoms with E-state index in [1.54, 1.807) is 60.7 Å². The molecular formula is C22H20Cl2N2O2. The van der Waals surface area contributed by atoms with Crippen LogP contribution >= 0.6 is 23.2 Å². The predicted octanol–water partition coefficient (Wildman–Crippen LogP) is 4.70. The molecule has 0 unspecified atom stereocenters. The highest BCUT2D eigenvalue weighted by molar-refractivity contribution is 6.31. The summed E-state index contributed by atoms with van der Waals surface area (Å²) in [6, 6.07) is 13.7. The van der Waals surface area contributed by atoms with Crippen molar-refractivity contribution in [2.75, 3.05) is 26.2 Å². The average Bonchev–Trinajstić information content (AvgIpc) is 2.72. The van der Waals surface area contributed by atoms with E-state index in [0.29, 0.717) is 21.2 Å². The van der Waals surface area contributed by atoms with Crippen molar-refractivity contribution in [3.8, 4) is 0 Å². The number of ketones is 2. The Morgan fingerprint density at radius 1 is 0.643 bits per heavy atom. The first kappa shape index (κ1) is 20.2. The highest BCUT2D eigenvalue weighted by Crippen LogP contribution is 2.12. The van der Waals surface area contributed by atoms with Crippen LogP contribution in [0, 0.1) is 0 Å². The molecule has 1 aliphatic heterocycles. The van der Waals surface area contributed by atoms with E-state index < -0.39 is 0 Å². The van der Waals surface area contributed by atoms with Gasteiger partial charge < -0.3 is 9.80 Å². The summed E-state index contributed by atoms with van der Waals surface area (Å²) in [7, 11) is 0. The van der Waals surface area contributed by atoms with E-state index in [1.807, 2.05) is 12.4 Å². The molecule has 2 aromatic carbocycles.